The van der Waals surface area contributed by atoms with Crippen LogP contribution in [0.15, 0.2) is 0 Å². The summed E-state index contributed by atoms with van der Waals surface area (Å²) >= 11 is 0. The summed E-state index contributed by atoms with van der Waals surface area (Å²) in [6.07, 6.45) is 8.61. The molecule has 2 aliphatic carbocycles. The number of fused-ring (bicyclic) bond motifs is 2. The van der Waals surface area contributed by atoms with E-state index in [0.29, 0.717) is 36.4 Å². The van der Waals surface area contributed by atoms with Gasteiger partial charge in [-0.15, -0.1) is 0 Å². The van der Waals surface area contributed by atoms with Gasteiger partial charge in [0.2, 0.25) is 5.91 Å². The van der Waals surface area contributed by atoms with E-state index in [1.54, 1.807) is 0 Å². The van der Waals surface area contributed by atoms with Gasteiger partial charge < -0.3 is 10.6 Å². The number of carbonyl (C=O) groups excluding carboxylic acids is 1. The van der Waals surface area contributed by atoms with E-state index in [4.69, 9.17) is 5.73 Å². The zero-order valence-electron chi connectivity index (χ0n) is 11.5. The van der Waals surface area contributed by atoms with Crippen LogP contribution in [-0.2, 0) is 4.79 Å². The minimum Gasteiger partial charge on any atom is -0.335 e. The van der Waals surface area contributed by atoms with Gasteiger partial charge in [-0.2, -0.15) is 0 Å². The number of likely N-dealkylation sites (tertiary alicyclic amines) is 1. The van der Waals surface area contributed by atoms with Gasteiger partial charge in [0.05, 0.1) is 0 Å². The van der Waals surface area contributed by atoms with Crippen molar-refractivity contribution in [2.45, 2.75) is 64.0 Å². The van der Waals surface area contributed by atoms with E-state index in [1.807, 2.05) is 0 Å². The molecule has 2 bridgehead atoms. The predicted molar refractivity (Wildman–Crippen MR) is 71.9 cm³/mol. The number of nitrogens with two attached hydrogens (primary N) is 1. The average molecular weight is 250 g/mol. The Labute approximate surface area is 110 Å². The molecule has 0 aromatic rings. The molecule has 1 saturated heterocycles. The fraction of sp³-hybridized carbons (Fsp3) is 0.933. The van der Waals surface area contributed by atoms with E-state index in [-0.39, 0.29) is 0 Å². The maximum Gasteiger partial charge on any atom is 0.226 e. The molecule has 2 saturated carbocycles. The molecule has 2 N–H and O–H groups in total. The number of rotatable bonds is 2. The molecule has 3 fully saturated rings. The Morgan fingerprint density at radius 3 is 2.67 bits per heavy atom. The minimum absolute atomic E-state index is 0.306. The van der Waals surface area contributed by atoms with E-state index in [9.17, 15) is 4.79 Å². The van der Waals surface area contributed by atoms with Gasteiger partial charge in [-0.25, -0.2) is 0 Å². The first kappa shape index (κ1) is 12.5. The first-order valence-corrected chi connectivity index (χ1v) is 7.73. The molecule has 18 heavy (non-hydrogen) atoms. The number of amides is 1. The number of hydrogen-bond donors (Lipinski definition) is 1. The molecule has 3 aliphatic rings. The third kappa shape index (κ3) is 1.97. The van der Waals surface area contributed by atoms with Crippen molar-refractivity contribution in [3.63, 3.8) is 0 Å². The van der Waals surface area contributed by atoms with Gasteiger partial charge in [0.1, 0.15) is 0 Å². The summed E-state index contributed by atoms with van der Waals surface area (Å²) < 4.78 is 0. The number of carbonyl (C=O) groups is 1. The van der Waals surface area contributed by atoms with Gasteiger partial charge in [-0.05, 0) is 57.3 Å². The molecular formula is C15H26N2O. The number of piperidine rings is 1. The SMILES string of the molecule is CC1CCCC(CN)N1C(=O)C1CC2CCC1C2. The minimum atomic E-state index is 0.306. The third-order valence-corrected chi connectivity index (χ3v) is 5.61. The third-order valence-electron chi connectivity index (χ3n) is 5.61. The predicted octanol–water partition coefficient (Wildman–Crippen LogP) is 2.15. The van der Waals surface area contributed by atoms with Crippen molar-refractivity contribution in [1.29, 1.82) is 0 Å². The molecule has 3 heteroatoms. The zero-order chi connectivity index (χ0) is 12.7. The average Bonchev–Trinajstić information content (AvgIpc) is 2.99. The zero-order valence-corrected chi connectivity index (χ0v) is 11.5. The van der Waals surface area contributed by atoms with Crippen molar-refractivity contribution < 1.29 is 4.79 Å². The van der Waals surface area contributed by atoms with Crippen LogP contribution >= 0.6 is 0 Å². The second-order valence-corrected chi connectivity index (χ2v) is 6.70. The highest BCUT2D eigenvalue weighted by atomic mass is 16.2. The first-order valence-electron chi connectivity index (χ1n) is 7.73. The first-order chi connectivity index (χ1) is 8.70. The van der Waals surface area contributed by atoms with Crippen LogP contribution in [0.1, 0.15) is 51.9 Å². The van der Waals surface area contributed by atoms with Gasteiger partial charge >= 0.3 is 0 Å². The molecule has 1 aliphatic heterocycles. The normalized spacial score (nSPS) is 43.4. The highest BCUT2D eigenvalue weighted by molar-refractivity contribution is 5.80. The van der Waals surface area contributed by atoms with E-state index in [1.165, 1.54) is 25.7 Å². The van der Waals surface area contributed by atoms with Crippen molar-refractivity contribution in [1.82, 2.24) is 4.90 Å². The maximum atomic E-state index is 12.8. The summed E-state index contributed by atoms with van der Waals surface area (Å²) in [4.78, 5) is 15.0. The highest BCUT2D eigenvalue weighted by Gasteiger charge is 2.46. The monoisotopic (exact) mass is 250 g/mol. The molecule has 5 atom stereocenters. The Bertz CT molecular complexity index is 330. The Morgan fingerprint density at radius 1 is 1.22 bits per heavy atom. The summed E-state index contributed by atoms with van der Waals surface area (Å²) in [6, 6.07) is 0.708. The van der Waals surface area contributed by atoms with Crippen LogP contribution in [0.5, 0.6) is 0 Å². The summed E-state index contributed by atoms with van der Waals surface area (Å²) in [7, 11) is 0. The molecule has 3 rings (SSSR count). The van der Waals surface area contributed by atoms with Crippen molar-refractivity contribution in [3.8, 4) is 0 Å². The van der Waals surface area contributed by atoms with E-state index in [0.717, 1.165) is 25.2 Å². The van der Waals surface area contributed by atoms with Crippen molar-refractivity contribution in [2.24, 2.45) is 23.5 Å². The molecule has 0 aromatic carbocycles. The smallest absolute Gasteiger partial charge is 0.226 e. The Balaban J connectivity index is 1.73. The van der Waals surface area contributed by atoms with Crippen molar-refractivity contribution in [2.75, 3.05) is 6.54 Å². The summed E-state index contributed by atoms with van der Waals surface area (Å²) in [5.41, 5.74) is 5.87. The Morgan fingerprint density at radius 2 is 2.06 bits per heavy atom. The van der Waals surface area contributed by atoms with E-state index >= 15 is 0 Å². The van der Waals surface area contributed by atoms with Crippen LogP contribution in [-0.4, -0.2) is 29.4 Å². The van der Waals surface area contributed by atoms with Gasteiger partial charge in [0.15, 0.2) is 0 Å². The number of hydrogen-bond acceptors (Lipinski definition) is 2. The summed E-state index contributed by atoms with van der Waals surface area (Å²) in [6.45, 7) is 2.84. The largest absolute Gasteiger partial charge is 0.335 e. The molecule has 0 aromatic heterocycles. The Kier molecular flexibility index (Phi) is 3.35. The fourth-order valence-corrected chi connectivity index (χ4v) is 4.65. The lowest BCUT2D eigenvalue weighted by Gasteiger charge is -2.42. The standard InChI is InChI=1S/C15H26N2O/c1-10-3-2-4-13(9-16)17(10)15(18)14-8-11-5-6-12(14)7-11/h10-14H,2-9,16H2,1H3. The summed E-state index contributed by atoms with van der Waals surface area (Å²) in [5, 5.41) is 0. The lowest BCUT2D eigenvalue weighted by atomic mass is 9.85. The van der Waals surface area contributed by atoms with Crippen LogP contribution in [0.4, 0.5) is 0 Å². The molecule has 1 heterocycles. The molecular weight excluding hydrogens is 224 g/mol. The molecule has 102 valence electrons. The van der Waals surface area contributed by atoms with E-state index in [2.05, 4.69) is 11.8 Å². The van der Waals surface area contributed by atoms with Crippen LogP contribution < -0.4 is 5.73 Å². The second kappa shape index (κ2) is 4.84. The second-order valence-electron chi connectivity index (χ2n) is 6.70. The lowest BCUT2D eigenvalue weighted by molar-refractivity contribution is -0.143. The Hall–Kier alpha value is -0.570. The van der Waals surface area contributed by atoms with E-state index < -0.39 is 0 Å². The molecule has 0 radical (unpaired) electrons. The maximum absolute atomic E-state index is 12.8. The van der Waals surface area contributed by atoms with Crippen molar-refractivity contribution >= 4 is 5.91 Å². The van der Waals surface area contributed by atoms with Gasteiger partial charge in [0, 0.05) is 24.5 Å². The summed E-state index contributed by atoms with van der Waals surface area (Å²) in [5.74, 6) is 2.30. The molecule has 1 amide bonds. The fourth-order valence-electron chi connectivity index (χ4n) is 4.65. The molecule has 0 spiro atoms. The highest BCUT2D eigenvalue weighted by Crippen LogP contribution is 2.49. The number of nitrogens with zero attached hydrogens (tertiary/aromatic N) is 1. The lowest BCUT2D eigenvalue weighted by Crippen LogP contribution is -2.54. The van der Waals surface area contributed by atoms with Crippen LogP contribution in [0.2, 0.25) is 0 Å². The van der Waals surface area contributed by atoms with Crippen molar-refractivity contribution in [3.05, 3.63) is 0 Å². The van der Waals surface area contributed by atoms with Gasteiger partial charge in [-0.3, -0.25) is 4.79 Å². The molecule has 3 nitrogen and oxygen atoms in total. The molecule has 5 unspecified atom stereocenters. The van der Waals surface area contributed by atoms with Crippen LogP contribution in [0.25, 0.3) is 0 Å². The van der Waals surface area contributed by atoms with Crippen LogP contribution in [0, 0.1) is 17.8 Å². The van der Waals surface area contributed by atoms with Gasteiger partial charge in [0.25, 0.3) is 0 Å². The van der Waals surface area contributed by atoms with Crippen LogP contribution in [0.3, 0.4) is 0 Å². The topological polar surface area (TPSA) is 46.3 Å². The van der Waals surface area contributed by atoms with Gasteiger partial charge in [-0.1, -0.05) is 6.42 Å². The quantitative estimate of drug-likeness (QED) is 0.816.